The third kappa shape index (κ3) is 2.91. The summed E-state index contributed by atoms with van der Waals surface area (Å²) in [5.74, 6) is 0.871. The van der Waals surface area contributed by atoms with Gasteiger partial charge < -0.3 is 0 Å². The summed E-state index contributed by atoms with van der Waals surface area (Å²) < 4.78 is 3.64. The highest BCUT2D eigenvalue weighted by Gasteiger charge is 2.15. The van der Waals surface area contributed by atoms with Crippen molar-refractivity contribution in [2.24, 2.45) is 0 Å². The summed E-state index contributed by atoms with van der Waals surface area (Å²) in [6.45, 7) is 0. The molecule has 0 saturated carbocycles. The Balaban J connectivity index is 1.53. The Hall–Kier alpha value is -2.96. The minimum atomic E-state index is 0.467. The SMILES string of the molecule is Clc1ccc(-n2ncc3c2ncn2c(CCc4ccccc4)nnc32)cc1Cl. The Morgan fingerprint density at radius 1 is 0.857 bits per heavy atom. The van der Waals surface area contributed by atoms with Crippen molar-refractivity contribution in [1.82, 2.24) is 29.4 Å². The van der Waals surface area contributed by atoms with Gasteiger partial charge in [-0.05, 0) is 30.2 Å². The zero-order valence-corrected chi connectivity index (χ0v) is 16.1. The number of benzene rings is 2. The molecule has 0 bridgehead atoms. The highest BCUT2D eigenvalue weighted by atomic mass is 35.5. The Morgan fingerprint density at radius 3 is 2.54 bits per heavy atom. The molecule has 8 heteroatoms. The summed E-state index contributed by atoms with van der Waals surface area (Å²) in [5, 5.41) is 15.0. The first-order valence-electron chi connectivity index (χ1n) is 8.76. The van der Waals surface area contributed by atoms with Crippen LogP contribution >= 0.6 is 23.2 Å². The van der Waals surface area contributed by atoms with Crippen LogP contribution in [0.5, 0.6) is 0 Å². The summed E-state index contributed by atoms with van der Waals surface area (Å²) in [5.41, 5.74) is 3.47. The number of aryl methyl sites for hydroxylation is 2. The molecule has 0 saturated heterocycles. The molecule has 0 amide bonds. The fourth-order valence-corrected chi connectivity index (χ4v) is 3.53. The fourth-order valence-electron chi connectivity index (χ4n) is 3.24. The molecule has 0 N–H and O–H groups in total. The van der Waals surface area contributed by atoms with Crippen LogP contribution in [0.4, 0.5) is 0 Å². The Labute approximate surface area is 170 Å². The van der Waals surface area contributed by atoms with Crippen molar-refractivity contribution in [3.63, 3.8) is 0 Å². The van der Waals surface area contributed by atoms with E-state index in [9.17, 15) is 0 Å². The molecule has 3 aromatic heterocycles. The third-order valence-corrected chi connectivity index (χ3v) is 5.41. The molecule has 0 fully saturated rings. The third-order valence-electron chi connectivity index (χ3n) is 4.67. The molecule has 0 aliphatic rings. The predicted octanol–water partition coefficient (Wildman–Crippen LogP) is 4.56. The van der Waals surface area contributed by atoms with Gasteiger partial charge in [0.1, 0.15) is 12.2 Å². The minimum Gasteiger partial charge on any atom is -0.269 e. The van der Waals surface area contributed by atoms with E-state index < -0.39 is 0 Å². The van der Waals surface area contributed by atoms with E-state index in [0.29, 0.717) is 15.7 Å². The van der Waals surface area contributed by atoms with Gasteiger partial charge >= 0.3 is 0 Å². The molecule has 5 rings (SSSR count). The second kappa shape index (κ2) is 6.89. The molecule has 2 aromatic carbocycles. The van der Waals surface area contributed by atoms with Gasteiger partial charge in [-0.2, -0.15) is 5.10 Å². The zero-order valence-electron chi connectivity index (χ0n) is 14.6. The van der Waals surface area contributed by atoms with Crippen molar-refractivity contribution in [3.05, 3.63) is 82.5 Å². The van der Waals surface area contributed by atoms with Gasteiger partial charge in [0.05, 0.1) is 27.3 Å². The van der Waals surface area contributed by atoms with E-state index in [-0.39, 0.29) is 0 Å². The van der Waals surface area contributed by atoms with Crippen LogP contribution < -0.4 is 0 Å². The van der Waals surface area contributed by atoms with E-state index in [2.05, 4.69) is 32.4 Å². The van der Waals surface area contributed by atoms with Crippen LogP contribution in [0.3, 0.4) is 0 Å². The van der Waals surface area contributed by atoms with Crippen molar-refractivity contribution >= 4 is 39.9 Å². The van der Waals surface area contributed by atoms with Gasteiger partial charge in [-0.25, -0.2) is 9.67 Å². The van der Waals surface area contributed by atoms with Crippen molar-refractivity contribution in [3.8, 4) is 5.69 Å². The van der Waals surface area contributed by atoms with Gasteiger partial charge in [0.25, 0.3) is 0 Å². The average Bonchev–Trinajstić information content (AvgIpc) is 3.33. The second-order valence-electron chi connectivity index (χ2n) is 6.43. The zero-order chi connectivity index (χ0) is 19.1. The van der Waals surface area contributed by atoms with E-state index in [1.54, 1.807) is 29.3 Å². The number of fused-ring (bicyclic) bond motifs is 3. The van der Waals surface area contributed by atoms with E-state index >= 15 is 0 Å². The van der Waals surface area contributed by atoms with Crippen molar-refractivity contribution < 1.29 is 0 Å². The van der Waals surface area contributed by atoms with Crippen LogP contribution in [0, 0.1) is 0 Å². The van der Waals surface area contributed by atoms with Gasteiger partial charge in [0, 0.05) is 6.42 Å². The maximum Gasteiger partial charge on any atom is 0.174 e. The predicted molar refractivity (Wildman–Crippen MR) is 109 cm³/mol. The number of aromatic nitrogens is 6. The summed E-state index contributed by atoms with van der Waals surface area (Å²) >= 11 is 12.2. The van der Waals surface area contributed by atoms with E-state index in [1.807, 2.05) is 28.7 Å². The molecule has 3 heterocycles. The van der Waals surface area contributed by atoms with Crippen LogP contribution in [0.1, 0.15) is 11.4 Å². The highest BCUT2D eigenvalue weighted by Crippen LogP contribution is 2.26. The molecular formula is C20H14Cl2N6. The molecule has 5 aromatic rings. The molecule has 6 nitrogen and oxygen atoms in total. The Morgan fingerprint density at radius 2 is 1.71 bits per heavy atom. The van der Waals surface area contributed by atoms with Crippen molar-refractivity contribution in [2.75, 3.05) is 0 Å². The van der Waals surface area contributed by atoms with Crippen LogP contribution in [0.25, 0.3) is 22.4 Å². The quantitative estimate of drug-likeness (QED) is 0.437. The molecule has 0 aliphatic heterocycles. The summed E-state index contributed by atoms with van der Waals surface area (Å²) in [6.07, 6.45) is 5.16. The Bertz CT molecular complexity index is 1290. The van der Waals surface area contributed by atoms with Gasteiger partial charge in [0.2, 0.25) is 0 Å². The number of nitrogens with zero attached hydrogens (tertiary/aromatic N) is 6. The van der Waals surface area contributed by atoms with Gasteiger partial charge in [-0.1, -0.05) is 53.5 Å². The van der Waals surface area contributed by atoms with Crippen LogP contribution in [-0.2, 0) is 12.8 Å². The molecule has 0 aliphatic carbocycles. The lowest BCUT2D eigenvalue weighted by atomic mass is 10.1. The normalized spacial score (nSPS) is 11.5. The number of rotatable bonds is 4. The van der Waals surface area contributed by atoms with Gasteiger partial charge in [-0.15, -0.1) is 10.2 Å². The first-order valence-corrected chi connectivity index (χ1v) is 9.52. The van der Waals surface area contributed by atoms with Crippen molar-refractivity contribution in [2.45, 2.75) is 12.8 Å². The number of hydrogen-bond acceptors (Lipinski definition) is 4. The largest absolute Gasteiger partial charge is 0.269 e. The first kappa shape index (κ1) is 17.2. The van der Waals surface area contributed by atoms with E-state index in [0.717, 1.165) is 35.4 Å². The standard InChI is InChI=1S/C20H14Cl2N6/c21-16-8-7-14(10-17(16)22)28-19-15(11-24-28)20-26-25-18(27(20)12-23-19)9-6-13-4-2-1-3-5-13/h1-5,7-8,10-12H,6,9H2. The second-order valence-corrected chi connectivity index (χ2v) is 7.25. The van der Waals surface area contributed by atoms with Gasteiger partial charge in [-0.3, -0.25) is 4.40 Å². The lowest BCUT2D eigenvalue weighted by Gasteiger charge is -2.05. The topological polar surface area (TPSA) is 60.9 Å². The van der Waals surface area contributed by atoms with Crippen LogP contribution in [-0.4, -0.2) is 29.4 Å². The average molecular weight is 409 g/mol. The monoisotopic (exact) mass is 408 g/mol. The molecule has 0 atom stereocenters. The molecule has 0 radical (unpaired) electrons. The van der Waals surface area contributed by atoms with Crippen LogP contribution in [0.15, 0.2) is 61.1 Å². The maximum atomic E-state index is 6.15. The smallest absolute Gasteiger partial charge is 0.174 e. The van der Waals surface area contributed by atoms with E-state index in [1.165, 1.54) is 5.56 Å². The van der Waals surface area contributed by atoms with Crippen LogP contribution in [0.2, 0.25) is 10.0 Å². The molecular weight excluding hydrogens is 395 g/mol. The summed E-state index contributed by atoms with van der Waals surface area (Å²) in [7, 11) is 0. The van der Waals surface area contributed by atoms with Gasteiger partial charge in [0.15, 0.2) is 11.3 Å². The maximum absolute atomic E-state index is 6.15. The Kier molecular flexibility index (Phi) is 4.22. The fraction of sp³-hybridized carbons (Fsp3) is 0.100. The van der Waals surface area contributed by atoms with Crippen molar-refractivity contribution in [1.29, 1.82) is 0 Å². The lowest BCUT2D eigenvalue weighted by Crippen LogP contribution is -2.01. The molecule has 28 heavy (non-hydrogen) atoms. The summed E-state index contributed by atoms with van der Waals surface area (Å²) in [6, 6.07) is 15.7. The number of hydrogen-bond donors (Lipinski definition) is 0. The highest BCUT2D eigenvalue weighted by molar-refractivity contribution is 6.42. The number of halogens is 2. The molecule has 138 valence electrons. The molecule has 0 unspecified atom stereocenters. The minimum absolute atomic E-state index is 0.467. The lowest BCUT2D eigenvalue weighted by molar-refractivity contribution is 0.831. The first-order chi connectivity index (χ1) is 13.7. The molecule has 0 spiro atoms. The van der Waals surface area contributed by atoms with E-state index in [4.69, 9.17) is 23.2 Å². The summed E-state index contributed by atoms with van der Waals surface area (Å²) in [4.78, 5) is 4.59.